The third kappa shape index (κ3) is 6.45. The van der Waals surface area contributed by atoms with E-state index in [-0.39, 0.29) is 32.1 Å². The van der Waals surface area contributed by atoms with Gasteiger partial charge in [0.2, 0.25) is 10.0 Å². The van der Waals surface area contributed by atoms with Crippen molar-refractivity contribution in [2.45, 2.75) is 13.0 Å². The maximum Gasteiger partial charge on any atom is 0.322 e. The first-order valence-corrected chi connectivity index (χ1v) is 11.3. The zero-order valence-corrected chi connectivity index (χ0v) is 18.2. The largest absolute Gasteiger partial charge is 0.481 e. The third-order valence-corrected chi connectivity index (χ3v) is 6.15. The van der Waals surface area contributed by atoms with E-state index in [0.29, 0.717) is 24.4 Å². The molecule has 30 heavy (non-hydrogen) atoms. The molecule has 0 radical (unpaired) electrons. The zero-order chi connectivity index (χ0) is 22.3. The normalized spacial score (nSPS) is 16.2. The van der Waals surface area contributed by atoms with Crippen LogP contribution in [0.5, 0.6) is 5.75 Å². The second kappa shape index (κ2) is 10.4. The Bertz CT molecular complexity index is 912. The molecule has 2 rings (SSSR count). The smallest absolute Gasteiger partial charge is 0.322 e. The number of benzene rings is 1. The molecular formula is C20H27N3O6S. The van der Waals surface area contributed by atoms with Gasteiger partial charge in [-0.1, -0.05) is 5.92 Å². The van der Waals surface area contributed by atoms with Crippen LogP contribution in [-0.2, 0) is 14.8 Å². The molecule has 0 aliphatic carbocycles. The van der Waals surface area contributed by atoms with Gasteiger partial charge in [0.05, 0.1) is 6.26 Å². The Labute approximate surface area is 177 Å². The van der Waals surface area contributed by atoms with Crippen molar-refractivity contribution in [1.82, 2.24) is 14.1 Å². The van der Waals surface area contributed by atoms with Gasteiger partial charge < -0.3 is 14.7 Å². The average molecular weight is 438 g/mol. The van der Waals surface area contributed by atoms with Crippen LogP contribution in [-0.4, -0.2) is 98.2 Å². The van der Waals surface area contributed by atoms with Gasteiger partial charge in [-0.25, -0.2) is 8.42 Å². The fourth-order valence-electron chi connectivity index (χ4n) is 3.14. The monoisotopic (exact) mass is 437 g/mol. The highest BCUT2D eigenvalue weighted by Gasteiger charge is 2.33. The highest BCUT2D eigenvalue weighted by molar-refractivity contribution is 7.88. The van der Waals surface area contributed by atoms with Gasteiger partial charge in [-0.2, -0.15) is 4.31 Å². The minimum atomic E-state index is -3.30. The van der Waals surface area contributed by atoms with E-state index in [2.05, 4.69) is 11.8 Å². The van der Waals surface area contributed by atoms with Crippen LogP contribution in [0.3, 0.4) is 0 Å². The summed E-state index contributed by atoms with van der Waals surface area (Å²) in [7, 11) is -1.75. The van der Waals surface area contributed by atoms with E-state index in [0.717, 1.165) is 6.26 Å². The lowest BCUT2D eigenvalue weighted by molar-refractivity contribution is -0.144. The van der Waals surface area contributed by atoms with E-state index in [1.807, 2.05) is 0 Å². The van der Waals surface area contributed by atoms with Crippen molar-refractivity contribution in [3.8, 4) is 17.6 Å². The van der Waals surface area contributed by atoms with Crippen molar-refractivity contribution in [3.05, 3.63) is 29.8 Å². The van der Waals surface area contributed by atoms with Gasteiger partial charge in [-0.3, -0.25) is 14.5 Å². The molecule has 0 aromatic heterocycles. The molecule has 0 saturated carbocycles. The van der Waals surface area contributed by atoms with Crippen LogP contribution in [0.4, 0.5) is 0 Å². The number of ether oxygens (including phenoxy) is 1. The summed E-state index contributed by atoms with van der Waals surface area (Å²) in [6.45, 7) is 3.00. The van der Waals surface area contributed by atoms with Gasteiger partial charge in [-0.15, -0.1) is 5.92 Å². The van der Waals surface area contributed by atoms with Crippen LogP contribution in [0.2, 0.25) is 0 Å². The number of rotatable bonds is 8. The number of sulfonamides is 1. The molecule has 1 aromatic carbocycles. The van der Waals surface area contributed by atoms with E-state index in [1.165, 1.54) is 9.21 Å². The first-order valence-electron chi connectivity index (χ1n) is 9.43. The quantitative estimate of drug-likeness (QED) is 0.579. The minimum absolute atomic E-state index is 0.0165. The molecule has 1 N–H and O–H groups in total. The van der Waals surface area contributed by atoms with Crippen molar-refractivity contribution in [3.63, 3.8) is 0 Å². The van der Waals surface area contributed by atoms with Crippen molar-refractivity contribution >= 4 is 21.9 Å². The molecule has 10 heteroatoms. The molecule has 1 aliphatic rings. The lowest BCUT2D eigenvalue weighted by Crippen LogP contribution is -2.56. The maximum atomic E-state index is 12.7. The number of nitrogens with zero attached hydrogens (tertiary/aromatic N) is 3. The number of piperazine rings is 1. The first-order chi connectivity index (χ1) is 14.1. The van der Waals surface area contributed by atoms with Crippen molar-refractivity contribution < 1.29 is 27.9 Å². The first kappa shape index (κ1) is 23.7. The average Bonchev–Trinajstić information content (AvgIpc) is 2.71. The topological polar surface area (TPSA) is 107 Å². The Morgan fingerprint density at radius 1 is 1.20 bits per heavy atom. The lowest BCUT2D eigenvalue weighted by Gasteiger charge is -2.37. The molecule has 1 aliphatic heterocycles. The van der Waals surface area contributed by atoms with Crippen LogP contribution in [0.25, 0.3) is 0 Å². The van der Waals surface area contributed by atoms with E-state index in [1.54, 1.807) is 43.1 Å². The predicted molar refractivity (Wildman–Crippen MR) is 112 cm³/mol. The van der Waals surface area contributed by atoms with Crippen molar-refractivity contribution in [1.29, 1.82) is 0 Å². The summed E-state index contributed by atoms with van der Waals surface area (Å²) in [5.74, 6) is 4.73. The number of carboxylic acids is 1. The molecule has 0 spiro atoms. The SMILES string of the molecule is CC#CCOc1ccc(C(=O)N(C)CC(C(=O)O)N2CCN(S(C)(=O)=O)CC2)cc1. The number of aliphatic carboxylic acids is 1. The summed E-state index contributed by atoms with van der Waals surface area (Å²) in [5, 5.41) is 9.65. The molecule has 1 atom stereocenters. The van der Waals surface area contributed by atoms with E-state index < -0.39 is 22.0 Å². The lowest BCUT2D eigenvalue weighted by atomic mass is 10.1. The van der Waals surface area contributed by atoms with Crippen LogP contribution < -0.4 is 4.74 Å². The highest BCUT2D eigenvalue weighted by atomic mass is 32.2. The molecular weight excluding hydrogens is 410 g/mol. The Kier molecular flexibility index (Phi) is 8.23. The van der Waals surface area contributed by atoms with Gasteiger partial charge in [0.1, 0.15) is 18.4 Å². The third-order valence-electron chi connectivity index (χ3n) is 4.85. The Balaban J connectivity index is 1.99. The molecule has 1 saturated heterocycles. The van der Waals surface area contributed by atoms with Gasteiger partial charge in [0, 0.05) is 45.3 Å². The number of amides is 1. The standard InChI is InChI=1S/C20H27N3O6S/c1-4-5-14-29-17-8-6-16(7-9-17)19(24)21(2)15-18(20(25)26)22-10-12-23(13-11-22)30(3,27)28/h6-9,18H,10-15H2,1-3H3,(H,25,26). The van der Waals surface area contributed by atoms with Crippen LogP contribution >= 0.6 is 0 Å². The van der Waals surface area contributed by atoms with Crippen LogP contribution in [0.1, 0.15) is 17.3 Å². The van der Waals surface area contributed by atoms with E-state index >= 15 is 0 Å². The minimum Gasteiger partial charge on any atom is -0.481 e. The zero-order valence-electron chi connectivity index (χ0n) is 17.4. The number of likely N-dealkylation sites (N-methyl/N-ethyl adjacent to an activating group) is 1. The summed E-state index contributed by atoms with van der Waals surface area (Å²) in [6, 6.07) is 5.65. The molecule has 1 heterocycles. The van der Waals surface area contributed by atoms with Gasteiger partial charge in [-0.05, 0) is 31.2 Å². The van der Waals surface area contributed by atoms with Crippen LogP contribution in [0.15, 0.2) is 24.3 Å². The van der Waals surface area contributed by atoms with Crippen molar-refractivity contribution in [2.75, 3.05) is 52.6 Å². The van der Waals surface area contributed by atoms with Gasteiger partial charge in [0.15, 0.2) is 0 Å². The summed E-state index contributed by atoms with van der Waals surface area (Å²) in [6.07, 6.45) is 1.14. The van der Waals surface area contributed by atoms with Crippen molar-refractivity contribution in [2.24, 2.45) is 0 Å². The van der Waals surface area contributed by atoms with Crippen LogP contribution in [0, 0.1) is 11.8 Å². The predicted octanol–water partition coefficient (Wildman–Crippen LogP) is 0.191. The number of carboxylic acid groups (broad SMARTS) is 1. The summed E-state index contributed by atoms with van der Waals surface area (Å²) < 4.78 is 30.0. The number of carbonyl (C=O) groups is 2. The van der Waals surface area contributed by atoms with E-state index in [9.17, 15) is 23.1 Å². The number of hydrogen-bond donors (Lipinski definition) is 1. The fraction of sp³-hybridized carbons (Fsp3) is 0.500. The molecule has 1 unspecified atom stereocenters. The molecule has 0 bridgehead atoms. The Morgan fingerprint density at radius 2 is 1.80 bits per heavy atom. The maximum absolute atomic E-state index is 12.7. The second-order valence-corrected chi connectivity index (χ2v) is 8.96. The molecule has 1 aromatic rings. The van der Waals surface area contributed by atoms with Gasteiger partial charge >= 0.3 is 5.97 Å². The number of carbonyl (C=O) groups excluding carboxylic acids is 1. The Morgan fingerprint density at radius 3 is 2.30 bits per heavy atom. The summed E-state index contributed by atoms with van der Waals surface area (Å²) in [5.41, 5.74) is 0.414. The molecule has 9 nitrogen and oxygen atoms in total. The fourth-order valence-corrected chi connectivity index (χ4v) is 3.97. The van der Waals surface area contributed by atoms with E-state index in [4.69, 9.17) is 4.74 Å². The molecule has 1 fully saturated rings. The summed E-state index contributed by atoms with van der Waals surface area (Å²) in [4.78, 5) is 27.6. The van der Waals surface area contributed by atoms with Gasteiger partial charge in [0.25, 0.3) is 5.91 Å². The summed E-state index contributed by atoms with van der Waals surface area (Å²) >= 11 is 0. The molecule has 1 amide bonds. The molecule has 164 valence electrons. The second-order valence-electron chi connectivity index (χ2n) is 6.98. The number of hydrogen-bond acceptors (Lipinski definition) is 6. The Hall–Kier alpha value is -2.61. The highest BCUT2D eigenvalue weighted by Crippen LogP contribution is 2.15.